The van der Waals surface area contributed by atoms with Crippen LogP contribution in [0.25, 0.3) is 0 Å². The molecule has 5 atom stereocenters. The van der Waals surface area contributed by atoms with Gasteiger partial charge in [-0.3, -0.25) is 52.8 Å². The average molecular weight is 2170 g/mol. The number of esters is 6. The average Bonchev–Trinajstić information content (AvgIpc) is 0.845. The molecule has 0 rings (SSSR count). The molecule has 0 saturated heterocycles. The molecule has 0 radical (unpaired) electrons. The van der Waals surface area contributed by atoms with Crippen LogP contribution in [0, 0.1) is 7.43 Å². The maximum atomic E-state index is 12.2. The fraction of sp³-hybridized carbons (Fsp3) is 0.852. The quantitative estimate of drug-likeness (QED) is 0.00951. The molecule has 0 aliphatic heterocycles. The second-order valence-electron chi connectivity index (χ2n) is 43.6. The number of rotatable bonds is 31. The number of carbonyl (C=O) groups is 12. The number of carbonyl (C=O) groups excluding carboxylic acids is 10. The fourth-order valence-electron chi connectivity index (χ4n) is 8.30. The standard InChI is InChI=1S/C17H35NO5Si.C16H32O5Si.C16H32O4Si.C15H30O5Si.C12H24O5Si.C10H18O5.CH3I.CH3.HI.Mg.Na.H2O/c1-16(2,3)22-15(20)12-13(11-14(19)18(7)21-8)23-24(9,10)17(4,5)6;1-15(2,3)20-14(18)11-12(10-13(17)19-7)21-22(8,9)16(4,5)6;1-12(17)10-13(11-14(18)19-15(2,3)4)20-21(8,9)16(5,6)7;1-14(2,3)19-13(18)10-11(9-12(16)17)20-21(7,8)15(4,5)6;1-12(2,3)18(5,6)17-9(7-10(13)14)8-11(15)16-4;1-9(2,3)14-7(11)13-8(12)15-10(4,5)6;1-2;;;;;/h13H,11-12H2,1-10H3;12H,10-11H2,1-9H3;13H,10-11H2,1-9H3;11H,9-10H2,1-8H3,(H,16,17);9H,7-8H2,1-6H3,(H,13,14);1-6H3;1H3;1H3;1H;;;1H2/q;;;;;;;-1;;+2;+1;/p-2/t13-;12-;13-;11-;9-;;;;;;;/m00001......./s1/i;;;;;;1D;;;;;. The van der Waals surface area contributed by atoms with Crippen molar-refractivity contribution >= 4 is 159 Å². The van der Waals surface area contributed by atoms with Crippen molar-refractivity contribution in [1.29, 1.82) is 0 Å². The first kappa shape index (κ1) is 149. The normalized spacial score (nSPS) is 13.5. The summed E-state index contributed by atoms with van der Waals surface area (Å²) in [6, 6.07) is 0. The zero-order chi connectivity index (χ0) is 101. The summed E-state index contributed by atoms with van der Waals surface area (Å²) in [4.78, 5) is 144. The molecule has 0 aromatic carbocycles. The first-order valence-electron chi connectivity index (χ1n) is 42.3. The van der Waals surface area contributed by atoms with Crippen molar-refractivity contribution in [2.75, 3.05) is 33.3 Å². The second kappa shape index (κ2) is 64.0. The van der Waals surface area contributed by atoms with Gasteiger partial charge in [0.2, 0.25) is 5.91 Å². The topological polar surface area (TPSA) is 417 Å². The number of carboxylic acid groups (broad SMARTS) is 2. The number of methoxy groups -OCH3 is 2. The van der Waals surface area contributed by atoms with Crippen LogP contribution in [0.3, 0.4) is 0 Å². The molecular weight excluding hydrogens is 1990 g/mol. The fourth-order valence-corrected chi connectivity index (χ4v) is 15.1. The van der Waals surface area contributed by atoms with Crippen molar-refractivity contribution in [3.8, 4) is 0 Å². The van der Waals surface area contributed by atoms with Gasteiger partial charge in [0.1, 0.15) is 39.4 Å². The van der Waals surface area contributed by atoms with Gasteiger partial charge in [0.15, 0.2) is 41.6 Å². The molecule has 0 saturated carbocycles. The Morgan fingerprint density at radius 1 is 0.336 bits per heavy atom. The number of carboxylic acids is 2. The molecule has 40 heteroatoms. The molecule has 3 N–H and O–H groups in total. The molecule has 0 fully saturated rings. The molecule has 128 heavy (non-hydrogen) atoms. The third-order valence-electron chi connectivity index (χ3n) is 19.1. The zero-order valence-corrected chi connectivity index (χ0v) is 102. The minimum atomic E-state index is -2.13. The van der Waals surface area contributed by atoms with E-state index in [1.54, 1.807) is 69.4 Å². The van der Waals surface area contributed by atoms with Gasteiger partial charge in [-0.2, -0.15) is 0 Å². The number of amides is 1. The molecule has 31 nitrogen and oxygen atoms in total. The molecule has 0 aliphatic carbocycles. The van der Waals surface area contributed by atoms with E-state index in [4.69, 9.17) is 71.7 Å². The summed E-state index contributed by atoms with van der Waals surface area (Å²) in [5.74, 6) is -4.43. The maximum absolute atomic E-state index is 12.2. The number of ketones is 1. The molecule has 0 bridgehead atoms. The predicted octanol–water partition coefficient (Wildman–Crippen LogP) is 15.1. The summed E-state index contributed by atoms with van der Waals surface area (Å²) in [5, 5.41) is 19.0. The molecule has 0 heterocycles. The molecule has 0 unspecified atom stereocenters. The number of hydrogen-bond donors (Lipinski definition) is 2. The van der Waals surface area contributed by atoms with Crippen molar-refractivity contribution < 1.29 is 198 Å². The number of Topliss-reactive ketones (excluding diaryl/α,β-unsaturated/α-hetero) is 1. The van der Waals surface area contributed by atoms with Gasteiger partial charge in [0, 0.05) is 14.8 Å². The minimum Gasteiger partial charge on any atom is -1.00 e. The van der Waals surface area contributed by atoms with E-state index in [1.165, 1.54) is 28.3 Å². The first-order chi connectivity index (χ1) is 54.4. The number of halogens is 2. The summed E-state index contributed by atoms with van der Waals surface area (Å²) >= 11 is 1.96. The minimum absolute atomic E-state index is 0. The first-order valence-corrected chi connectivity index (χ1v) is 57.6. The van der Waals surface area contributed by atoms with Crippen LogP contribution in [-0.4, -0.2) is 255 Å². The Morgan fingerprint density at radius 2 is 0.500 bits per heavy atom. The summed E-state index contributed by atoms with van der Waals surface area (Å²) in [7, 11) is -4.87. The number of alkyl halides is 1. The van der Waals surface area contributed by atoms with Crippen molar-refractivity contribution in [3.63, 3.8) is 0 Å². The van der Waals surface area contributed by atoms with Gasteiger partial charge in [0.25, 0.3) is 0 Å². The smallest absolute Gasteiger partial charge is 1.00 e. The van der Waals surface area contributed by atoms with Gasteiger partial charge < -0.3 is 112 Å². The van der Waals surface area contributed by atoms with E-state index < -0.39 is 142 Å². The van der Waals surface area contributed by atoms with Gasteiger partial charge in [-0.25, -0.2) is 14.7 Å². The van der Waals surface area contributed by atoms with Gasteiger partial charge >= 0.3 is 113 Å². The predicted molar refractivity (Wildman–Crippen MR) is 517 cm³/mol. The van der Waals surface area contributed by atoms with Crippen LogP contribution in [0.2, 0.25) is 90.7 Å². The summed E-state index contributed by atoms with van der Waals surface area (Å²) < 4.78 is 81.3. The van der Waals surface area contributed by atoms with Crippen LogP contribution in [0.5, 0.6) is 0 Å². The maximum Gasteiger partial charge on any atom is 2.00 e. The molecule has 0 aromatic rings. The number of nitrogens with zero attached hydrogens (tertiary/aromatic N) is 1. The molecule has 0 aromatic heterocycles. The van der Waals surface area contributed by atoms with Crippen LogP contribution in [0.15, 0.2) is 0 Å². The Morgan fingerprint density at radius 3 is 0.648 bits per heavy atom. The molecule has 752 valence electrons. The van der Waals surface area contributed by atoms with Crippen molar-refractivity contribution in [2.24, 2.45) is 0 Å². The van der Waals surface area contributed by atoms with Crippen LogP contribution < -0.4 is 53.5 Å². The molecule has 0 aliphatic rings. The monoisotopic (exact) mass is 2170 g/mol. The number of hydrogen-bond acceptors (Lipinski definition) is 28. The Hall–Kier alpha value is -2.33. The van der Waals surface area contributed by atoms with Crippen molar-refractivity contribution in [3.05, 3.63) is 7.43 Å². The Balaban J connectivity index is -0.000000126. The van der Waals surface area contributed by atoms with E-state index in [0.29, 0.717) is 4.91 Å². The Kier molecular flexibility index (Phi) is 74.2. The Bertz CT molecular complexity index is 3180. The molecule has 0 spiro atoms. The molecule has 1 amide bonds. The molecular formula is C88H178I2MgNNaO30Si5. The van der Waals surface area contributed by atoms with E-state index in [9.17, 15) is 57.5 Å². The van der Waals surface area contributed by atoms with Crippen LogP contribution in [0.1, 0.15) is 301 Å². The van der Waals surface area contributed by atoms with Gasteiger partial charge in [0.05, 0.1) is 110 Å². The van der Waals surface area contributed by atoms with Crippen LogP contribution in [0.4, 0.5) is 9.59 Å². The van der Waals surface area contributed by atoms with E-state index in [1.807, 2.05) is 111 Å². The van der Waals surface area contributed by atoms with Gasteiger partial charge in [-0.15, -0.1) is 0 Å². The third-order valence-corrected chi connectivity index (χ3v) is 41.8. The Labute approximate surface area is 849 Å². The second-order valence-corrected chi connectivity index (χ2v) is 67.4. The van der Waals surface area contributed by atoms with E-state index >= 15 is 0 Å². The van der Waals surface area contributed by atoms with Crippen molar-refractivity contribution in [2.45, 2.75) is 454 Å². The number of aliphatic carboxylic acids is 2. The largest absolute Gasteiger partial charge is 2.00 e. The van der Waals surface area contributed by atoms with E-state index in [2.05, 4.69) is 153 Å². The van der Waals surface area contributed by atoms with E-state index in [-0.39, 0.29) is 214 Å². The van der Waals surface area contributed by atoms with Gasteiger partial charge in [-0.05, 0) is 227 Å². The van der Waals surface area contributed by atoms with Crippen LogP contribution >= 0.6 is 22.6 Å². The summed E-state index contributed by atoms with van der Waals surface area (Å²) in [5.41, 5.74) is -3.61. The number of hydroxylamine groups is 2. The van der Waals surface area contributed by atoms with Gasteiger partial charge in [-0.1, -0.05) is 126 Å². The summed E-state index contributed by atoms with van der Waals surface area (Å²) in [6.07, 6.45) is -4.59. The van der Waals surface area contributed by atoms with Crippen molar-refractivity contribution in [1.82, 2.24) is 5.06 Å². The summed E-state index contributed by atoms with van der Waals surface area (Å²) in [6.45, 7) is 85.6. The van der Waals surface area contributed by atoms with E-state index in [0.717, 1.165) is 5.06 Å². The van der Waals surface area contributed by atoms with Crippen LogP contribution in [-0.2, 0) is 118 Å². The zero-order valence-electron chi connectivity index (χ0n) is 89.9. The SMILES string of the molecule is CC(=O)C[C@@H](CC(=O)OC(C)(C)C)O[Si](C)(C)C(C)(C)C.CC(C)(C)OC(=O)C[C@H](CC(=O)O)O[Si](C)(C)C(C)(C)C.CC(C)(C)OC(=O)OC(=O)OC(C)(C)C.COC(=O)C[C@@H](CC(=O)O)O[Si](C)(C)C(C)(C)C.COC(=O)C[C@@H](CC(=O)OC(C)(C)C)O[Si](C)(C)C(C)(C)C.CON(C)C(=O)C[C@@H](CC(=O)OC(C)(C)C)O[Si](C)(C)C(C)(C)C.[2H]CI.[CH3-].[I-].[Mg+2].[Na+].[OH-]. The third kappa shape index (κ3) is 80.9. The number of ether oxygens (including phenoxy) is 9.